The summed E-state index contributed by atoms with van der Waals surface area (Å²) in [5.74, 6) is -0.400. The van der Waals surface area contributed by atoms with Crippen molar-refractivity contribution in [1.82, 2.24) is 0 Å². The quantitative estimate of drug-likeness (QED) is 0.710. The van der Waals surface area contributed by atoms with Crippen molar-refractivity contribution in [1.29, 1.82) is 0 Å². The fourth-order valence-electron chi connectivity index (χ4n) is 2.21. The van der Waals surface area contributed by atoms with Crippen molar-refractivity contribution >= 4 is 5.97 Å². The van der Waals surface area contributed by atoms with Gasteiger partial charge in [0.2, 0.25) is 0 Å². The van der Waals surface area contributed by atoms with Gasteiger partial charge >= 0.3 is 5.97 Å². The number of ether oxygens (including phenoxy) is 2. The molecule has 4 heteroatoms. The van der Waals surface area contributed by atoms with E-state index >= 15 is 0 Å². The first-order valence-corrected chi connectivity index (χ1v) is 5.47. The predicted octanol–water partition coefficient (Wildman–Crippen LogP) is 1.68. The Morgan fingerprint density at radius 1 is 1.53 bits per heavy atom. The summed E-state index contributed by atoms with van der Waals surface area (Å²) in [7, 11) is 1.58. The highest BCUT2D eigenvalue weighted by atomic mass is 16.5. The molecular formula is C11H20O4. The highest BCUT2D eigenvalue weighted by Gasteiger charge is 2.42. The molecule has 0 heterocycles. The second-order valence-corrected chi connectivity index (χ2v) is 4.34. The lowest BCUT2D eigenvalue weighted by Crippen LogP contribution is -2.46. The molecule has 4 nitrogen and oxygen atoms in total. The third-order valence-electron chi connectivity index (χ3n) is 3.01. The molecule has 2 atom stereocenters. The number of carboxylic acid groups (broad SMARTS) is 1. The van der Waals surface area contributed by atoms with Gasteiger partial charge in [0.1, 0.15) is 0 Å². The fraction of sp³-hybridized carbons (Fsp3) is 0.909. The number of hydrogen-bond donors (Lipinski definition) is 1. The molecule has 15 heavy (non-hydrogen) atoms. The Morgan fingerprint density at radius 2 is 2.27 bits per heavy atom. The van der Waals surface area contributed by atoms with E-state index in [0.717, 1.165) is 12.8 Å². The summed E-state index contributed by atoms with van der Waals surface area (Å²) >= 11 is 0. The summed E-state index contributed by atoms with van der Waals surface area (Å²) in [5.41, 5.74) is -0.962. The van der Waals surface area contributed by atoms with Crippen LogP contribution in [0, 0.1) is 5.92 Å². The molecule has 0 saturated heterocycles. The summed E-state index contributed by atoms with van der Waals surface area (Å²) in [6.07, 6.45) is 3.27. The van der Waals surface area contributed by atoms with Gasteiger partial charge in [0.05, 0.1) is 13.2 Å². The molecule has 88 valence electrons. The smallest absolute Gasteiger partial charge is 0.335 e. The van der Waals surface area contributed by atoms with Crippen LogP contribution in [0.2, 0.25) is 0 Å². The minimum Gasteiger partial charge on any atom is -0.479 e. The second kappa shape index (κ2) is 5.47. The fourth-order valence-corrected chi connectivity index (χ4v) is 2.21. The highest BCUT2D eigenvalue weighted by Crippen LogP contribution is 2.35. The van der Waals surface area contributed by atoms with Crippen LogP contribution in [0.5, 0.6) is 0 Å². The molecule has 1 saturated carbocycles. The number of rotatable bonds is 5. The molecule has 0 radical (unpaired) electrons. The van der Waals surface area contributed by atoms with Crippen molar-refractivity contribution in [3.8, 4) is 0 Å². The van der Waals surface area contributed by atoms with E-state index in [1.165, 1.54) is 0 Å². The first kappa shape index (κ1) is 12.5. The average Bonchev–Trinajstić information content (AvgIpc) is 2.18. The Hall–Kier alpha value is -0.610. The summed E-state index contributed by atoms with van der Waals surface area (Å²) in [6.45, 7) is 2.88. The Kier molecular flexibility index (Phi) is 4.54. The number of carbonyl (C=O) groups is 1. The first-order valence-electron chi connectivity index (χ1n) is 5.47. The lowest BCUT2D eigenvalue weighted by atomic mass is 9.79. The minimum absolute atomic E-state index is 0.357. The standard InChI is InChI=1S/C11H20O4/c1-9-4-3-5-11(8-9,10(12)13)15-7-6-14-2/h9H,3-8H2,1-2H3,(H,12,13). The van der Waals surface area contributed by atoms with Crippen LogP contribution >= 0.6 is 0 Å². The van der Waals surface area contributed by atoms with Crippen LogP contribution < -0.4 is 0 Å². The van der Waals surface area contributed by atoms with E-state index in [1.807, 2.05) is 0 Å². The van der Waals surface area contributed by atoms with Gasteiger partial charge in [-0.1, -0.05) is 13.3 Å². The van der Waals surface area contributed by atoms with Crippen LogP contribution in [0.4, 0.5) is 0 Å². The zero-order valence-electron chi connectivity index (χ0n) is 9.49. The number of methoxy groups -OCH3 is 1. The van der Waals surface area contributed by atoms with Crippen LogP contribution in [0.15, 0.2) is 0 Å². The van der Waals surface area contributed by atoms with Gasteiger partial charge < -0.3 is 14.6 Å². The number of aliphatic carboxylic acids is 1. The second-order valence-electron chi connectivity index (χ2n) is 4.34. The third-order valence-corrected chi connectivity index (χ3v) is 3.01. The Bertz CT molecular complexity index is 217. The summed E-state index contributed by atoms with van der Waals surface area (Å²) in [4.78, 5) is 11.3. The molecule has 1 rings (SSSR count). The van der Waals surface area contributed by atoms with Crippen LogP contribution in [-0.4, -0.2) is 37.0 Å². The molecule has 0 aromatic heterocycles. The molecule has 2 unspecified atom stereocenters. The van der Waals surface area contributed by atoms with Crippen LogP contribution in [0.1, 0.15) is 32.6 Å². The molecule has 1 N–H and O–H groups in total. The molecule has 0 aromatic carbocycles. The molecule has 1 aliphatic carbocycles. The van der Waals surface area contributed by atoms with E-state index in [2.05, 4.69) is 6.92 Å². The lowest BCUT2D eigenvalue weighted by molar-refractivity contribution is -0.174. The van der Waals surface area contributed by atoms with Crippen molar-refractivity contribution < 1.29 is 19.4 Å². The van der Waals surface area contributed by atoms with Crippen molar-refractivity contribution in [3.05, 3.63) is 0 Å². The molecule has 0 bridgehead atoms. The van der Waals surface area contributed by atoms with Crippen molar-refractivity contribution in [3.63, 3.8) is 0 Å². The molecule has 0 aromatic rings. The maximum atomic E-state index is 11.3. The van der Waals surface area contributed by atoms with Crippen LogP contribution in [0.25, 0.3) is 0 Å². The maximum Gasteiger partial charge on any atom is 0.335 e. The van der Waals surface area contributed by atoms with Gasteiger partial charge in [0, 0.05) is 7.11 Å². The van der Waals surface area contributed by atoms with Crippen molar-refractivity contribution in [2.75, 3.05) is 20.3 Å². The van der Waals surface area contributed by atoms with E-state index in [4.69, 9.17) is 9.47 Å². The first-order chi connectivity index (χ1) is 7.10. The van der Waals surface area contributed by atoms with E-state index in [9.17, 15) is 9.90 Å². The van der Waals surface area contributed by atoms with Crippen molar-refractivity contribution in [2.45, 2.75) is 38.2 Å². The molecule has 0 amide bonds. The van der Waals surface area contributed by atoms with Crippen LogP contribution in [0.3, 0.4) is 0 Å². The predicted molar refractivity (Wildman–Crippen MR) is 55.8 cm³/mol. The van der Waals surface area contributed by atoms with Gasteiger partial charge in [0.15, 0.2) is 5.60 Å². The minimum atomic E-state index is -0.962. The molecule has 0 aliphatic heterocycles. The maximum absolute atomic E-state index is 11.3. The van der Waals surface area contributed by atoms with Gasteiger partial charge in [-0.05, 0) is 25.2 Å². The van der Waals surface area contributed by atoms with E-state index < -0.39 is 11.6 Å². The highest BCUT2D eigenvalue weighted by molar-refractivity contribution is 5.77. The molecule has 0 spiro atoms. The zero-order chi connectivity index (χ0) is 11.3. The molecular weight excluding hydrogens is 196 g/mol. The van der Waals surface area contributed by atoms with Gasteiger partial charge in [0.25, 0.3) is 0 Å². The normalized spacial score (nSPS) is 31.5. The lowest BCUT2D eigenvalue weighted by Gasteiger charge is -2.36. The monoisotopic (exact) mass is 216 g/mol. The number of carboxylic acids is 1. The van der Waals surface area contributed by atoms with Gasteiger partial charge in [-0.2, -0.15) is 0 Å². The van der Waals surface area contributed by atoms with Crippen LogP contribution in [-0.2, 0) is 14.3 Å². The van der Waals surface area contributed by atoms with E-state index in [1.54, 1.807) is 7.11 Å². The summed E-state index contributed by atoms with van der Waals surface area (Å²) in [6, 6.07) is 0. The van der Waals surface area contributed by atoms with Crippen molar-refractivity contribution in [2.24, 2.45) is 5.92 Å². The Balaban J connectivity index is 2.57. The molecule has 1 aliphatic rings. The van der Waals surface area contributed by atoms with Gasteiger partial charge in [-0.3, -0.25) is 0 Å². The van der Waals surface area contributed by atoms with Gasteiger partial charge in [-0.25, -0.2) is 4.79 Å². The van der Waals surface area contributed by atoms with E-state index in [-0.39, 0.29) is 0 Å². The third kappa shape index (κ3) is 3.18. The Morgan fingerprint density at radius 3 is 2.80 bits per heavy atom. The topological polar surface area (TPSA) is 55.8 Å². The number of hydrogen-bond acceptors (Lipinski definition) is 3. The average molecular weight is 216 g/mol. The molecule has 1 fully saturated rings. The summed E-state index contributed by atoms with van der Waals surface area (Å²) in [5, 5.41) is 9.24. The van der Waals surface area contributed by atoms with Gasteiger partial charge in [-0.15, -0.1) is 0 Å². The summed E-state index contributed by atoms with van der Waals surface area (Å²) < 4.78 is 10.4. The van der Waals surface area contributed by atoms with E-state index in [0.29, 0.717) is 32.0 Å². The largest absolute Gasteiger partial charge is 0.479 e. The SMILES string of the molecule is COCCOC1(C(=O)O)CCCC(C)C1. The Labute approximate surface area is 90.6 Å². The zero-order valence-corrected chi connectivity index (χ0v) is 9.49.